The van der Waals surface area contributed by atoms with Gasteiger partial charge in [-0.15, -0.1) is 0 Å². The van der Waals surface area contributed by atoms with E-state index in [9.17, 15) is 8.42 Å². The topological polar surface area (TPSA) is 55.8 Å². The van der Waals surface area contributed by atoms with E-state index in [4.69, 9.17) is 9.47 Å². The van der Waals surface area contributed by atoms with E-state index < -0.39 is 22.0 Å². The van der Waals surface area contributed by atoms with Gasteiger partial charge in [-0.05, 0) is 37.6 Å². The molecule has 0 bridgehead atoms. The van der Waals surface area contributed by atoms with Gasteiger partial charge in [0.05, 0.1) is 11.4 Å². The van der Waals surface area contributed by atoms with Gasteiger partial charge in [0.1, 0.15) is 0 Å². The molecule has 1 saturated heterocycles. The third-order valence-electron chi connectivity index (χ3n) is 4.44. The number of methoxy groups -OCH3 is 1. The molecule has 2 atom stereocenters. The minimum absolute atomic E-state index is 0.127. The van der Waals surface area contributed by atoms with Gasteiger partial charge in [-0.3, -0.25) is 0 Å². The van der Waals surface area contributed by atoms with E-state index >= 15 is 0 Å². The molecule has 0 amide bonds. The van der Waals surface area contributed by atoms with Crippen molar-refractivity contribution in [3.63, 3.8) is 0 Å². The largest absolute Gasteiger partial charge is 0.354 e. The Hall–Kier alpha value is -1.99. The van der Waals surface area contributed by atoms with Gasteiger partial charge in [0.2, 0.25) is 10.0 Å². The number of hydrogen-bond acceptors (Lipinski definition) is 4. The maximum absolute atomic E-state index is 13.2. The van der Waals surface area contributed by atoms with Crippen LogP contribution in [0.15, 0.2) is 65.6 Å². The zero-order valence-electron chi connectivity index (χ0n) is 15.1. The molecule has 2 unspecified atom stereocenters. The number of hydrogen-bond donors (Lipinski definition) is 0. The standard InChI is InChI=1S/C20H23NO4S/c1-16-9-11-18(12-10-16)26(22,23)21-15-19(24-3)25-20(21,2)14-13-17-7-5-4-6-8-17/h4-14,19H,15H2,1-3H3/b14-13-. The van der Waals surface area contributed by atoms with E-state index in [0.717, 1.165) is 11.1 Å². The van der Waals surface area contributed by atoms with E-state index in [2.05, 4.69) is 0 Å². The first-order chi connectivity index (χ1) is 12.3. The predicted molar refractivity (Wildman–Crippen MR) is 101 cm³/mol. The van der Waals surface area contributed by atoms with Gasteiger partial charge in [-0.1, -0.05) is 54.1 Å². The molecule has 6 heteroatoms. The zero-order valence-corrected chi connectivity index (χ0v) is 15.9. The summed E-state index contributed by atoms with van der Waals surface area (Å²) in [5.41, 5.74) is 0.828. The first-order valence-corrected chi connectivity index (χ1v) is 9.83. The molecule has 0 saturated carbocycles. The molecule has 0 aliphatic carbocycles. The summed E-state index contributed by atoms with van der Waals surface area (Å²) in [6.45, 7) is 3.78. The summed E-state index contributed by atoms with van der Waals surface area (Å²) in [4.78, 5) is 0.239. The van der Waals surface area contributed by atoms with Gasteiger partial charge < -0.3 is 9.47 Å². The second-order valence-corrected chi connectivity index (χ2v) is 8.29. The van der Waals surface area contributed by atoms with E-state index in [-0.39, 0.29) is 11.4 Å². The highest BCUT2D eigenvalue weighted by atomic mass is 32.2. The van der Waals surface area contributed by atoms with Crippen LogP contribution >= 0.6 is 0 Å². The summed E-state index contributed by atoms with van der Waals surface area (Å²) in [5, 5.41) is 0. The molecule has 0 spiro atoms. The van der Waals surface area contributed by atoms with Crippen LogP contribution in [0.4, 0.5) is 0 Å². The number of aryl methyl sites for hydroxylation is 1. The summed E-state index contributed by atoms with van der Waals surface area (Å²) < 4.78 is 38.9. The lowest BCUT2D eigenvalue weighted by atomic mass is 10.1. The summed E-state index contributed by atoms with van der Waals surface area (Å²) in [6.07, 6.45) is 2.99. The lowest BCUT2D eigenvalue weighted by molar-refractivity contribution is -0.136. The van der Waals surface area contributed by atoms with Crippen LogP contribution in [0, 0.1) is 6.92 Å². The summed E-state index contributed by atoms with van der Waals surface area (Å²) in [5.74, 6) is 0. The normalized spacial score (nSPS) is 24.3. The average Bonchev–Trinajstić information content (AvgIpc) is 2.99. The van der Waals surface area contributed by atoms with Gasteiger partial charge in [0, 0.05) is 7.11 Å². The Balaban J connectivity index is 1.97. The quantitative estimate of drug-likeness (QED) is 0.806. The molecule has 0 aromatic heterocycles. The molecule has 1 aliphatic heterocycles. The Morgan fingerprint density at radius 3 is 2.42 bits per heavy atom. The molecule has 138 valence electrons. The highest BCUT2D eigenvalue weighted by Gasteiger charge is 2.48. The lowest BCUT2D eigenvalue weighted by Gasteiger charge is -2.29. The van der Waals surface area contributed by atoms with E-state index in [1.54, 1.807) is 37.3 Å². The van der Waals surface area contributed by atoms with Crippen molar-refractivity contribution in [3.05, 3.63) is 71.8 Å². The third kappa shape index (κ3) is 3.73. The molecule has 0 N–H and O–H groups in total. The summed E-state index contributed by atoms with van der Waals surface area (Å²) >= 11 is 0. The van der Waals surface area contributed by atoms with Gasteiger partial charge in [0.15, 0.2) is 12.0 Å². The monoisotopic (exact) mass is 373 g/mol. The van der Waals surface area contributed by atoms with Crippen molar-refractivity contribution in [3.8, 4) is 0 Å². The fraction of sp³-hybridized carbons (Fsp3) is 0.300. The highest BCUT2D eigenvalue weighted by Crippen LogP contribution is 2.35. The van der Waals surface area contributed by atoms with Crippen LogP contribution in [0.5, 0.6) is 0 Å². The van der Waals surface area contributed by atoms with Crippen molar-refractivity contribution >= 4 is 16.1 Å². The average molecular weight is 373 g/mol. The van der Waals surface area contributed by atoms with Crippen LogP contribution in [-0.2, 0) is 19.5 Å². The fourth-order valence-electron chi connectivity index (χ4n) is 2.91. The molecule has 1 heterocycles. The maximum atomic E-state index is 13.2. The summed E-state index contributed by atoms with van der Waals surface area (Å²) in [7, 11) is -2.23. The van der Waals surface area contributed by atoms with E-state index in [1.807, 2.05) is 43.3 Å². The second kappa shape index (κ2) is 7.32. The van der Waals surface area contributed by atoms with Crippen molar-refractivity contribution in [1.82, 2.24) is 4.31 Å². The molecule has 3 rings (SSSR count). The minimum Gasteiger partial charge on any atom is -0.354 e. The Morgan fingerprint density at radius 2 is 1.81 bits per heavy atom. The van der Waals surface area contributed by atoms with Crippen molar-refractivity contribution in [1.29, 1.82) is 0 Å². The third-order valence-corrected chi connectivity index (χ3v) is 6.40. The fourth-order valence-corrected chi connectivity index (χ4v) is 4.55. The first-order valence-electron chi connectivity index (χ1n) is 8.39. The Morgan fingerprint density at radius 1 is 1.15 bits per heavy atom. The smallest absolute Gasteiger partial charge is 0.245 e. The number of sulfonamides is 1. The SMILES string of the molecule is COC1CN(S(=O)(=O)c2ccc(C)cc2)C(C)(/C=C\c2ccccc2)O1. The molecule has 5 nitrogen and oxygen atoms in total. The van der Waals surface area contributed by atoms with Crippen LogP contribution in [0.2, 0.25) is 0 Å². The van der Waals surface area contributed by atoms with Crippen molar-refractivity contribution in [2.24, 2.45) is 0 Å². The first kappa shape index (κ1) is 18.8. The van der Waals surface area contributed by atoms with Crippen molar-refractivity contribution in [2.75, 3.05) is 13.7 Å². The molecule has 26 heavy (non-hydrogen) atoms. The number of ether oxygens (including phenoxy) is 2. The molecular formula is C20H23NO4S. The van der Waals surface area contributed by atoms with E-state index in [1.165, 1.54) is 11.4 Å². The molecule has 1 aliphatic rings. The maximum Gasteiger partial charge on any atom is 0.245 e. The van der Waals surface area contributed by atoms with Crippen molar-refractivity contribution < 1.29 is 17.9 Å². The van der Waals surface area contributed by atoms with Gasteiger partial charge >= 0.3 is 0 Å². The summed E-state index contributed by atoms with van der Waals surface area (Å²) in [6, 6.07) is 16.5. The van der Waals surface area contributed by atoms with Crippen LogP contribution in [0.1, 0.15) is 18.1 Å². The van der Waals surface area contributed by atoms with Crippen LogP contribution in [0.3, 0.4) is 0 Å². The highest BCUT2D eigenvalue weighted by molar-refractivity contribution is 7.89. The van der Waals surface area contributed by atoms with Gasteiger partial charge in [-0.2, -0.15) is 4.31 Å². The lowest BCUT2D eigenvalue weighted by Crippen LogP contribution is -2.44. The molecule has 2 aromatic carbocycles. The molecule has 0 radical (unpaired) electrons. The predicted octanol–water partition coefficient (Wildman–Crippen LogP) is 3.42. The number of benzene rings is 2. The second-order valence-electron chi connectivity index (χ2n) is 6.43. The number of rotatable bonds is 5. The van der Waals surface area contributed by atoms with Gasteiger partial charge in [-0.25, -0.2) is 8.42 Å². The van der Waals surface area contributed by atoms with Crippen LogP contribution in [-0.4, -0.2) is 38.4 Å². The van der Waals surface area contributed by atoms with E-state index in [0.29, 0.717) is 0 Å². The number of nitrogens with zero attached hydrogens (tertiary/aromatic N) is 1. The Kier molecular flexibility index (Phi) is 5.29. The molecule has 2 aromatic rings. The molecule has 1 fully saturated rings. The van der Waals surface area contributed by atoms with Crippen LogP contribution < -0.4 is 0 Å². The minimum atomic E-state index is -3.73. The Labute approximate surface area is 154 Å². The van der Waals surface area contributed by atoms with Crippen LogP contribution in [0.25, 0.3) is 6.08 Å². The Bertz CT molecular complexity index is 878. The van der Waals surface area contributed by atoms with Gasteiger partial charge in [0.25, 0.3) is 0 Å². The molecular weight excluding hydrogens is 350 g/mol. The zero-order chi connectivity index (χ0) is 18.8. The van der Waals surface area contributed by atoms with Crippen molar-refractivity contribution in [2.45, 2.75) is 30.8 Å².